The number of pyridine rings is 1. The van der Waals surface area contributed by atoms with Gasteiger partial charge < -0.3 is 24.6 Å². The number of esters is 1. The fraction of sp³-hybridized carbons (Fsp3) is 0.512. The summed E-state index contributed by atoms with van der Waals surface area (Å²) in [5, 5.41) is 12.8. The van der Waals surface area contributed by atoms with Gasteiger partial charge in [0.15, 0.2) is 0 Å². The van der Waals surface area contributed by atoms with Crippen LogP contribution in [0, 0.1) is 41.9 Å². The number of piperidine rings is 1. The first-order valence-electron chi connectivity index (χ1n) is 18.2. The van der Waals surface area contributed by atoms with Crippen molar-refractivity contribution in [2.75, 3.05) is 62.7 Å². The van der Waals surface area contributed by atoms with Crippen LogP contribution < -0.4 is 19.9 Å². The zero-order chi connectivity index (χ0) is 36.5. The molecule has 2 aromatic carbocycles. The number of rotatable bonds is 9. The number of methoxy groups -OCH3 is 1. The topological polar surface area (TPSA) is 111 Å². The number of ether oxygens (including phenoxy) is 2. The van der Waals surface area contributed by atoms with Crippen molar-refractivity contribution >= 4 is 23.4 Å². The number of aryl methyl sites for hydroxylation is 2. The summed E-state index contributed by atoms with van der Waals surface area (Å²) in [5.74, 6) is 1.90. The van der Waals surface area contributed by atoms with Crippen LogP contribution in [0.15, 0.2) is 54.7 Å². The van der Waals surface area contributed by atoms with E-state index < -0.39 is 0 Å². The van der Waals surface area contributed by atoms with E-state index in [-0.39, 0.29) is 34.9 Å². The highest BCUT2D eigenvalue weighted by molar-refractivity contribution is 5.95. The van der Waals surface area contributed by atoms with Crippen molar-refractivity contribution in [2.24, 2.45) is 16.7 Å². The second kappa shape index (κ2) is 14.5. The Bertz CT molecular complexity index is 1730. The van der Waals surface area contributed by atoms with E-state index in [4.69, 9.17) is 9.47 Å². The first kappa shape index (κ1) is 36.2. The number of carbonyl (C=O) groups is 2. The maximum Gasteiger partial charge on any atom is 0.339 e. The Hall–Kier alpha value is -4.62. The number of piperazine rings is 1. The van der Waals surface area contributed by atoms with Crippen LogP contribution in [0.25, 0.3) is 0 Å². The smallest absolute Gasteiger partial charge is 0.339 e. The van der Waals surface area contributed by atoms with Crippen LogP contribution in [-0.2, 0) is 4.74 Å². The van der Waals surface area contributed by atoms with E-state index in [0.717, 1.165) is 87.0 Å². The minimum Gasteiger partial charge on any atom is -0.489 e. The van der Waals surface area contributed by atoms with Gasteiger partial charge in [-0.2, -0.15) is 5.26 Å². The Kier molecular flexibility index (Phi) is 10.3. The van der Waals surface area contributed by atoms with Crippen molar-refractivity contribution in [3.05, 3.63) is 82.5 Å². The maximum absolute atomic E-state index is 13.5. The molecule has 3 fully saturated rings. The van der Waals surface area contributed by atoms with Crippen molar-refractivity contribution in [3.8, 4) is 11.8 Å². The van der Waals surface area contributed by atoms with Gasteiger partial charge in [0.2, 0.25) is 0 Å². The number of amides is 1. The zero-order valence-corrected chi connectivity index (χ0v) is 31.2. The van der Waals surface area contributed by atoms with Gasteiger partial charge in [-0.05, 0) is 92.3 Å². The predicted molar refractivity (Wildman–Crippen MR) is 199 cm³/mol. The molecular formula is C41H52N6O4. The molecule has 3 heterocycles. The third-order valence-corrected chi connectivity index (χ3v) is 11.5. The van der Waals surface area contributed by atoms with Gasteiger partial charge in [0.25, 0.3) is 5.91 Å². The van der Waals surface area contributed by atoms with Gasteiger partial charge in [0.05, 0.1) is 24.3 Å². The highest BCUT2D eigenvalue weighted by Crippen LogP contribution is 2.55. The van der Waals surface area contributed by atoms with Gasteiger partial charge in [-0.3, -0.25) is 9.69 Å². The average Bonchev–Trinajstić information content (AvgIpc) is 3.13. The molecule has 0 bridgehead atoms. The van der Waals surface area contributed by atoms with Crippen molar-refractivity contribution in [3.63, 3.8) is 0 Å². The summed E-state index contributed by atoms with van der Waals surface area (Å²) >= 11 is 0. The lowest BCUT2D eigenvalue weighted by molar-refractivity contribution is -0.164. The number of nitriles is 1. The standard InChI is InChI=1S/C41H52N6O4/c1-27-22-33(23-28(2)34(27)24-42)51-39-40(3,4)38(41(39,5)6)44-36(48)30-8-11-32(12-9-30)46-16-14-29(15-17-46)26-45-18-20-47(21-19-45)35-13-10-31(25-43-35)37(49)50-7/h8-13,22-23,25,29,38-39H,14-21,26H2,1-7H3,(H,44,48). The monoisotopic (exact) mass is 692 g/mol. The molecule has 0 spiro atoms. The summed E-state index contributed by atoms with van der Waals surface area (Å²) in [6.07, 6.45) is 3.78. The van der Waals surface area contributed by atoms with Crippen LogP contribution in [-0.4, -0.2) is 86.8 Å². The Labute approximate surface area is 302 Å². The molecule has 1 amide bonds. The second-order valence-electron chi connectivity index (χ2n) is 15.8. The van der Waals surface area contributed by atoms with E-state index in [1.807, 2.05) is 44.2 Å². The molecule has 2 aliphatic heterocycles. The molecule has 3 aliphatic rings. The van der Waals surface area contributed by atoms with E-state index in [1.54, 1.807) is 12.3 Å². The lowest BCUT2D eigenvalue weighted by Crippen LogP contribution is -2.74. The molecule has 10 heteroatoms. The number of anilines is 2. The molecule has 51 heavy (non-hydrogen) atoms. The maximum atomic E-state index is 13.5. The largest absolute Gasteiger partial charge is 0.489 e. The molecule has 6 rings (SSSR count). The average molecular weight is 693 g/mol. The van der Waals surface area contributed by atoms with Crippen LogP contribution in [0.1, 0.15) is 77.9 Å². The highest BCUT2D eigenvalue weighted by Gasteiger charge is 2.64. The summed E-state index contributed by atoms with van der Waals surface area (Å²) in [6.45, 7) is 19.5. The number of benzene rings is 2. The predicted octanol–water partition coefficient (Wildman–Crippen LogP) is 6.01. The minimum atomic E-state index is -0.365. The Morgan fingerprint density at radius 3 is 2.04 bits per heavy atom. The molecule has 0 unspecified atom stereocenters. The molecule has 1 aliphatic carbocycles. The molecular weight excluding hydrogens is 640 g/mol. The molecule has 270 valence electrons. The van der Waals surface area contributed by atoms with E-state index in [9.17, 15) is 14.9 Å². The zero-order valence-electron chi connectivity index (χ0n) is 31.2. The normalized spacial score (nSPS) is 21.7. The molecule has 0 radical (unpaired) electrons. The van der Waals surface area contributed by atoms with E-state index >= 15 is 0 Å². The highest BCUT2D eigenvalue weighted by atomic mass is 16.5. The lowest BCUT2D eigenvalue weighted by atomic mass is 9.49. The van der Waals surface area contributed by atoms with Gasteiger partial charge in [-0.25, -0.2) is 9.78 Å². The van der Waals surface area contributed by atoms with Gasteiger partial charge in [-0.1, -0.05) is 27.7 Å². The quantitative estimate of drug-likeness (QED) is 0.270. The number of carbonyl (C=O) groups excluding carboxylic acids is 2. The van der Waals surface area contributed by atoms with Gasteiger partial charge in [0.1, 0.15) is 17.7 Å². The third kappa shape index (κ3) is 7.41. The molecule has 1 saturated carbocycles. The van der Waals surface area contributed by atoms with Crippen molar-refractivity contribution in [2.45, 2.75) is 66.5 Å². The fourth-order valence-corrected chi connectivity index (χ4v) is 8.85. The fourth-order valence-electron chi connectivity index (χ4n) is 8.85. The van der Waals surface area contributed by atoms with Crippen LogP contribution in [0.2, 0.25) is 0 Å². The number of nitrogens with one attached hydrogen (secondary N) is 1. The molecule has 10 nitrogen and oxygen atoms in total. The minimum absolute atomic E-state index is 0.0657. The van der Waals surface area contributed by atoms with Crippen molar-refractivity contribution in [1.82, 2.24) is 15.2 Å². The van der Waals surface area contributed by atoms with E-state index in [2.05, 4.69) is 70.9 Å². The van der Waals surface area contributed by atoms with Crippen LogP contribution in [0.5, 0.6) is 5.75 Å². The van der Waals surface area contributed by atoms with Crippen molar-refractivity contribution < 1.29 is 19.1 Å². The SMILES string of the molecule is COC(=O)c1ccc(N2CCN(CC3CCN(c4ccc(C(=O)NC5C(C)(C)C(Oc6cc(C)c(C#N)c(C)c6)C5(C)C)cc4)CC3)CC2)nc1. The summed E-state index contributed by atoms with van der Waals surface area (Å²) in [4.78, 5) is 37.0. The van der Waals surface area contributed by atoms with Gasteiger partial charge >= 0.3 is 5.97 Å². The third-order valence-electron chi connectivity index (χ3n) is 11.5. The van der Waals surface area contributed by atoms with Gasteiger partial charge in [-0.15, -0.1) is 0 Å². The summed E-state index contributed by atoms with van der Waals surface area (Å²) in [6, 6.07) is 17.8. The lowest BCUT2D eigenvalue weighted by Gasteiger charge is -2.63. The summed E-state index contributed by atoms with van der Waals surface area (Å²) in [5.41, 5.74) is 4.23. The summed E-state index contributed by atoms with van der Waals surface area (Å²) in [7, 11) is 1.38. The first-order chi connectivity index (χ1) is 24.3. The summed E-state index contributed by atoms with van der Waals surface area (Å²) < 4.78 is 11.3. The molecule has 2 saturated heterocycles. The molecule has 3 aromatic rings. The first-order valence-corrected chi connectivity index (χ1v) is 18.2. The van der Waals surface area contributed by atoms with E-state index in [1.165, 1.54) is 7.11 Å². The number of nitrogens with zero attached hydrogens (tertiary/aromatic N) is 5. The number of hydrogen-bond donors (Lipinski definition) is 1. The van der Waals surface area contributed by atoms with Crippen molar-refractivity contribution in [1.29, 1.82) is 5.26 Å². The number of aromatic nitrogens is 1. The van der Waals surface area contributed by atoms with Crippen LogP contribution >= 0.6 is 0 Å². The van der Waals surface area contributed by atoms with Crippen LogP contribution in [0.3, 0.4) is 0 Å². The number of hydrogen-bond acceptors (Lipinski definition) is 9. The molecule has 0 atom stereocenters. The van der Waals surface area contributed by atoms with Gasteiger partial charge in [0, 0.05) is 80.1 Å². The Morgan fingerprint density at radius 1 is 0.882 bits per heavy atom. The van der Waals surface area contributed by atoms with Crippen LogP contribution in [0.4, 0.5) is 11.5 Å². The molecule has 1 aromatic heterocycles. The second-order valence-corrected chi connectivity index (χ2v) is 15.8. The Balaban J connectivity index is 0.960. The Morgan fingerprint density at radius 2 is 1.49 bits per heavy atom. The molecule has 1 N–H and O–H groups in total. The van der Waals surface area contributed by atoms with E-state index in [0.29, 0.717) is 22.6 Å².